The lowest BCUT2D eigenvalue weighted by molar-refractivity contribution is -0.156. The average molecular weight is 418 g/mol. The van der Waals surface area contributed by atoms with Gasteiger partial charge in [0.1, 0.15) is 17.6 Å². The summed E-state index contributed by atoms with van der Waals surface area (Å²) in [5.74, 6) is -1.10. The maximum absolute atomic E-state index is 12.5. The number of carbonyl (C=O) groups is 3. The highest BCUT2D eigenvalue weighted by Gasteiger charge is 2.26. The van der Waals surface area contributed by atoms with Crippen LogP contribution in [0.25, 0.3) is 0 Å². The van der Waals surface area contributed by atoms with Gasteiger partial charge in [-0.25, -0.2) is 0 Å². The Balaban J connectivity index is 1.58. The predicted molar refractivity (Wildman–Crippen MR) is 110 cm³/mol. The minimum Gasteiger partial charge on any atom is -0.451 e. The van der Waals surface area contributed by atoms with Gasteiger partial charge in [0.15, 0.2) is 6.10 Å². The molecule has 29 heavy (non-hydrogen) atoms. The number of nitrogens with one attached hydrogen (secondary N) is 1. The van der Waals surface area contributed by atoms with Crippen molar-refractivity contribution in [3.63, 3.8) is 0 Å². The van der Waals surface area contributed by atoms with Crippen LogP contribution in [-0.2, 0) is 32.0 Å². The molecule has 0 bridgehead atoms. The van der Waals surface area contributed by atoms with Crippen LogP contribution >= 0.6 is 11.3 Å². The number of thiophene rings is 1. The Bertz CT molecular complexity index is 827. The Morgan fingerprint density at radius 1 is 1.17 bits per heavy atom. The monoisotopic (exact) mass is 417 g/mol. The number of esters is 1. The SMILES string of the molecule is C[C@H](OC(=O)CN1CCCCCC1=O)C(=O)Nc1sc2c(c1C#N)CCCCC2. The van der Waals surface area contributed by atoms with Gasteiger partial charge in [0.2, 0.25) is 5.91 Å². The number of rotatable bonds is 5. The lowest BCUT2D eigenvalue weighted by Crippen LogP contribution is -2.38. The van der Waals surface area contributed by atoms with E-state index in [2.05, 4.69) is 11.4 Å². The molecule has 1 aliphatic heterocycles. The van der Waals surface area contributed by atoms with Gasteiger partial charge < -0.3 is 15.0 Å². The largest absolute Gasteiger partial charge is 0.451 e. The van der Waals surface area contributed by atoms with Crippen LogP contribution in [-0.4, -0.2) is 41.9 Å². The molecule has 2 amide bonds. The highest BCUT2D eigenvalue weighted by atomic mass is 32.1. The van der Waals surface area contributed by atoms with Gasteiger partial charge in [0.25, 0.3) is 5.91 Å². The zero-order valence-electron chi connectivity index (χ0n) is 16.8. The normalized spacial score (nSPS) is 18.1. The Morgan fingerprint density at radius 2 is 1.90 bits per heavy atom. The van der Waals surface area contributed by atoms with Gasteiger partial charge in [-0.05, 0) is 51.0 Å². The number of nitriles is 1. The number of hydrogen-bond acceptors (Lipinski definition) is 6. The molecule has 7 nitrogen and oxygen atoms in total. The van der Waals surface area contributed by atoms with E-state index in [9.17, 15) is 19.6 Å². The molecule has 1 fully saturated rings. The summed E-state index contributed by atoms with van der Waals surface area (Å²) in [7, 11) is 0. The summed E-state index contributed by atoms with van der Waals surface area (Å²) in [4.78, 5) is 39.4. The molecule has 1 N–H and O–H groups in total. The fraction of sp³-hybridized carbons (Fsp3) is 0.619. The predicted octanol–water partition coefficient (Wildman–Crippen LogP) is 3.16. The number of fused-ring (bicyclic) bond motifs is 1. The molecular weight excluding hydrogens is 390 g/mol. The first-order chi connectivity index (χ1) is 14.0. The lowest BCUT2D eigenvalue weighted by Gasteiger charge is -2.20. The number of hydrogen-bond donors (Lipinski definition) is 1. The summed E-state index contributed by atoms with van der Waals surface area (Å²) >= 11 is 1.45. The number of ether oxygens (including phenoxy) is 1. The van der Waals surface area contributed by atoms with Gasteiger partial charge >= 0.3 is 5.97 Å². The molecule has 1 saturated heterocycles. The number of nitrogens with zero attached hydrogens (tertiary/aromatic N) is 2. The van der Waals surface area contributed by atoms with Crippen molar-refractivity contribution in [3.8, 4) is 6.07 Å². The van der Waals surface area contributed by atoms with E-state index in [1.54, 1.807) is 0 Å². The first-order valence-electron chi connectivity index (χ1n) is 10.3. The summed E-state index contributed by atoms with van der Waals surface area (Å²) in [5, 5.41) is 12.9. The van der Waals surface area contributed by atoms with Crippen LogP contribution in [0.5, 0.6) is 0 Å². The standard InChI is InChI=1S/C21H27N3O4S/c1-14(28-19(26)13-24-11-7-3-6-10-18(24)25)20(27)23-21-16(12-22)15-8-4-2-5-9-17(15)29-21/h14H,2-11,13H2,1H3,(H,23,27)/t14-/m0/s1. The molecule has 0 unspecified atom stereocenters. The molecule has 1 aromatic rings. The lowest BCUT2D eigenvalue weighted by atomic mass is 10.1. The number of amides is 2. The summed E-state index contributed by atoms with van der Waals surface area (Å²) in [5.41, 5.74) is 1.59. The van der Waals surface area contributed by atoms with Crippen molar-refractivity contribution in [1.29, 1.82) is 5.26 Å². The van der Waals surface area contributed by atoms with Crippen molar-refractivity contribution >= 4 is 34.1 Å². The van der Waals surface area contributed by atoms with Crippen molar-refractivity contribution in [3.05, 3.63) is 16.0 Å². The summed E-state index contributed by atoms with van der Waals surface area (Å²) in [6, 6.07) is 2.23. The van der Waals surface area contributed by atoms with Crippen LogP contribution in [0.15, 0.2) is 0 Å². The smallest absolute Gasteiger partial charge is 0.326 e. The van der Waals surface area contributed by atoms with Crippen LogP contribution in [0.2, 0.25) is 0 Å². The first kappa shape index (κ1) is 21.3. The molecule has 2 aliphatic rings. The third-order valence-corrected chi connectivity index (χ3v) is 6.65. The van der Waals surface area contributed by atoms with Gasteiger partial charge in [-0.3, -0.25) is 14.4 Å². The minimum atomic E-state index is -1.00. The first-order valence-corrected chi connectivity index (χ1v) is 11.1. The van der Waals surface area contributed by atoms with E-state index in [4.69, 9.17) is 4.74 Å². The summed E-state index contributed by atoms with van der Waals surface area (Å²) in [6.07, 6.45) is 7.22. The Labute approximate surface area is 175 Å². The van der Waals surface area contributed by atoms with E-state index in [1.807, 2.05) is 0 Å². The molecule has 0 spiro atoms. The van der Waals surface area contributed by atoms with E-state index in [0.717, 1.165) is 56.9 Å². The maximum atomic E-state index is 12.5. The van der Waals surface area contributed by atoms with Crippen molar-refractivity contribution in [1.82, 2.24) is 4.90 Å². The van der Waals surface area contributed by atoms with E-state index in [-0.39, 0.29) is 12.5 Å². The second kappa shape index (κ2) is 9.88. The van der Waals surface area contributed by atoms with E-state index in [0.29, 0.717) is 23.5 Å². The number of anilines is 1. The van der Waals surface area contributed by atoms with Crippen molar-refractivity contribution in [2.45, 2.75) is 70.8 Å². The third kappa shape index (κ3) is 5.36. The molecule has 1 atom stereocenters. The van der Waals surface area contributed by atoms with Gasteiger partial charge in [-0.2, -0.15) is 5.26 Å². The highest BCUT2D eigenvalue weighted by Crippen LogP contribution is 2.37. The van der Waals surface area contributed by atoms with E-state index < -0.39 is 18.0 Å². The summed E-state index contributed by atoms with van der Waals surface area (Å²) in [6.45, 7) is 1.91. The van der Waals surface area contributed by atoms with Crippen molar-refractivity contribution < 1.29 is 19.1 Å². The molecule has 0 radical (unpaired) electrons. The van der Waals surface area contributed by atoms with Crippen LogP contribution in [0.4, 0.5) is 5.00 Å². The molecule has 1 aromatic heterocycles. The third-order valence-electron chi connectivity index (χ3n) is 5.44. The van der Waals surface area contributed by atoms with Crippen LogP contribution < -0.4 is 5.32 Å². The number of aryl methyl sites for hydroxylation is 1. The van der Waals surface area contributed by atoms with Crippen LogP contribution in [0, 0.1) is 11.3 Å². The van der Waals surface area contributed by atoms with Crippen molar-refractivity contribution in [2.24, 2.45) is 0 Å². The van der Waals surface area contributed by atoms with E-state index in [1.165, 1.54) is 28.0 Å². The molecule has 2 heterocycles. The minimum absolute atomic E-state index is 0.0460. The molecule has 0 saturated carbocycles. The molecule has 1 aliphatic carbocycles. The Hall–Kier alpha value is -2.40. The zero-order chi connectivity index (χ0) is 20.8. The van der Waals surface area contributed by atoms with Crippen LogP contribution in [0.1, 0.15) is 67.9 Å². The van der Waals surface area contributed by atoms with Gasteiger partial charge in [0.05, 0.1) is 5.56 Å². The quantitative estimate of drug-likeness (QED) is 0.586. The van der Waals surface area contributed by atoms with Gasteiger partial charge in [-0.15, -0.1) is 11.3 Å². The highest BCUT2D eigenvalue weighted by molar-refractivity contribution is 7.16. The fourth-order valence-corrected chi connectivity index (χ4v) is 5.05. The van der Waals surface area contributed by atoms with E-state index >= 15 is 0 Å². The second-order valence-corrected chi connectivity index (χ2v) is 8.73. The molecular formula is C21H27N3O4S. The Morgan fingerprint density at radius 3 is 2.69 bits per heavy atom. The zero-order valence-corrected chi connectivity index (χ0v) is 17.6. The molecule has 156 valence electrons. The fourth-order valence-electron chi connectivity index (χ4n) is 3.81. The maximum Gasteiger partial charge on any atom is 0.326 e. The van der Waals surface area contributed by atoms with Crippen LogP contribution in [0.3, 0.4) is 0 Å². The molecule has 0 aromatic carbocycles. The van der Waals surface area contributed by atoms with Gasteiger partial charge in [-0.1, -0.05) is 12.8 Å². The number of carbonyl (C=O) groups excluding carboxylic acids is 3. The van der Waals surface area contributed by atoms with Crippen molar-refractivity contribution in [2.75, 3.05) is 18.4 Å². The molecule has 3 rings (SSSR count). The second-order valence-electron chi connectivity index (χ2n) is 7.63. The topological polar surface area (TPSA) is 99.5 Å². The Kier molecular flexibility index (Phi) is 7.26. The molecule has 8 heteroatoms. The average Bonchev–Trinajstić information content (AvgIpc) is 2.84. The summed E-state index contributed by atoms with van der Waals surface area (Å²) < 4.78 is 5.25. The number of likely N-dealkylation sites (tertiary alicyclic amines) is 1. The van der Waals surface area contributed by atoms with Gasteiger partial charge in [0, 0.05) is 17.8 Å².